The predicted octanol–water partition coefficient (Wildman–Crippen LogP) is 5.51. The summed E-state index contributed by atoms with van der Waals surface area (Å²) < 4.78 is 31.6. The molecule has 180 valence electrons. The third-order valence-electron chi connectivity index (χ3n) is 4.90. The highest BCUT2D eigenvalue weighted by atomic mass is 32.2. The van der Waals surface area contributed by atoms with Crippen LogP contribution in [-0.4, -0.2) is 31.8 Å². The van der Waals surface area contributed by atoms with Crippen LogP contribution >= 0.6 is 0 Å². The van der Waals surface area contributed by atoms with Crippen LogP contribution in [0.3, 0.4) is 0 Å². The molecule has 0 aromatic heterocycles. The molecule has 0 aliphatic carbocycles. The average molecular weight is 484 g/mol. The molecule has 9 heteroatoms. The van der Waals surface area contributed by atoms with Crippen molar-refractivity contribution in [1.29, 1.82) is 0 Å². The van der Waals surface area contributed by atoms with Crippen molar-refractivity contribution in [2.24, 2.45) is 0 Å². The summed E-state index contributed by atoms with van der Waals surface area (Å²) in [6, 6.07) is 15.8. The Hall–Kier alpha value is -3.59. The zero-order chi connectivity index (χ0) is 25.1. The largest absolute Gasteiger partial charge is 0.444 e. The molecule has 0 bridgehead atoms. The lowest BCUT2D eigenvalue weighted by Gasteiger charge is -2.20. The van der Waals surface area contributed by atoms with Crippen molar-refractivity contribution in [3.05, 3.63) is 65.7 Å². The highest BCUT2D eigenvalue weighted by molar-refractivity contribution is 7.92. The molecule has 0 unspecified atom stereocenters. The van der Waals surface area contributed by atoms with E-state index in [9.17, 15) is 18.0 Å². The number of fused-ring (bicyclic) bond motifs is 1. The van der Waals surface area contributed by atoms with Crippen LogP contribution in [-0.2, 0) is 14.8 Å². The predicted molar refractivity (Wildman–Crippen MR) is 136 cm³/mol. The van der Waals surface area contributed by atoms with Gasteiger partial charge in [-0.2, -0.15) is 0 Å². The number of amides is 2. The second kappa shape index (κ2) is 9.72. The van der Waals surface area contributed by atoms with Crippen LogP contribution in [0.15, 0.2) is 54.6 Å². The summed E-state index contributed by atoms with van der Waals surface area (Å²) in [6.45, 7) is 8.57. The fourth-order valence-electron chi connectivity index (χ4n) is 3.24. The first-order chi connectivity index (χ1) is 15.9. The number of hydrogen-bond donors (Lipinski definition) is 3. The molecule has 0 radical (unpaired) electrons. The topological polar surface area (TPSA) is 114 Å². The molecular formula is C25H29N3O5S. The van der Waals surface area contributed by atoms with Crippen LogP contribution < -0.4 is 15.4 Å². The van der Waals surface area contributed by atoms with E-state index in [0.29, 0.717) is 22.6 Å². The van der Waals surface area contributed by atoms with Gasteiger partial charge in [0.2, 0.25) is 10.0 Å². The molecule has 0 spiro atoms. The van der Waals surface area contributed by atoms with Crippen molar-refractivity contribution >= 4 is 49.9 Å². The Morgan fingerprint density at radius 1 is 0.912 bits per heavy atom. The van der Waals surface area contributed by atoms with Gasteiger partial charge in [0.15, 0.2) is 0 Å². The van der Waals surface area contributed by atoms with Crippen LogP contribution in [0.1, 0.15) is 43.6 Å². The van der Waals surface area contributed by atoms with E-state index >= 15 is 0 Å². The van der Waals surface area contributed by atoms with E-state index in [1.165, 1.54) is 0 Å². The van der Waals surface area contributed by atoms with Crippen LogP contribution in [0.25, 0.3) is 10.8 Å². The summed E-state index contributed by atoms with van der Waals surface area (Å²) in [6.07, 6.45) is -0.666. The van der Waals surface area contributed by atoms with Gasteiger partial charge >= 0.3 is 6.09 Å². The Morgan fingerprint density at radius 2 is 1.56 bits per heavy atom. The van der Waals surface area contributed by atoms with E-state index in [-0.39, 0.29) is 11.3 Å². The first-order valence-electron chi connectivity index (χ1n) is 10.8. The van der Waals surface area contributed by atoms with Gasteiger partial charge in [0.25, 0.3) is 5.91 Å². The van der Waals surface area contributed by atoms with Gasteiger partial charge in [0, 0.05) is 5.69 Å². The van der Waals surface area contributed by atoms with Crippen LogP contribution in [0.4, 0.5) is 21.9 Å². The molecule has 0 aliphatic rings. The minimum absolute atomic E-state index is 0.0414. The number of hydrogen-bond acceptors (Lipinski definition) is 5. The number of carbonyl (C=O) groups excluding carboxylic acids is 2. The van der Waals surface area contributed by atoms with Gasteiger partial charge in [0.1, 0.15) is 5.60 Å². The number of ether oxygens (including phenoxy) is 1. The SMILES string of the molecule is CCS(=O)(=O)Nc1ccc(NC(=O)c2cc3ccccc3cc2NC(=O)OC(C)(C)C)cc1C. The van der Waals surface area contributed by atoms with Crippen molar-refractivity contribution < 1.29 is 22.7 Å². The van der Waals surface area contributed by atoms with Gasteiger partial charge in [-0.05, 0) is 81.3 Å². The van der Waals surface area contributed by atoms with Crippen molar-refractivity contribution in [3.63, 3.8) is 0 Å². The number of aryl methyl sites for hydroxylation is 1. The van der Waals surface area contributed by atoms with Crippen molar-refractivity contribution in [1.82, 2.24) is 0 Å². The molecule has 0 heterocycles. The molecule has 3 N–H and O–H groups in total. The summed E-state index contributed by atoms with van der Waals surface area (Å²) in [5.74, 6) is -0.474. The van der Waals surface area contributed by atoms with E-state index in [2.05, 4.69) is 15.4 Å². The van der Waals surface area contributed by atoms with Gasteiger partial charge in [-0.3, -0.25) is 14.8 Å². The van der Waals surface area contributed by atoms with E-state index in [1.807, 2.05) is 24.3 Å². The normalized spacial score (nSPS) is 11.7. The third-order valence-corrected chi connectivity index (χ3v) is 6.19. The fourth-order valence-corrected chi connectivity index (χ4v) is 3.95. The molecule has 3 aromatic rings. The molecule has 34 heavy (non-hydrogen) atoms. The Balaban J connectivity index is 1.90. The van der Waals surface area contributed by atoms with Crippen molar-refractivity contribution in [2.45, 2.75) is 40.2 Å². The lowest BCUT2D eigenvalue weighted by Crippen LogP contribution is -2.28. The number of benzene rings is 3. The maximum absolute atomic E-state index is 13.2. The highest BCUT2D eigenvalue weighted by Gasteiger charge is 2.20. The van der Waals surface area contributed by atoms with Gasteiger partial charge < -0.3 is 10.1 Å². The summed E-state index contributed by atoms with van der Waals surface area (Å²) in [4.78, 5) is 25.6. The number of sulfonamides is 1. The Kier molecular flexibility index (Phi) is 7.16. The number of anilines is 3. The van der Waals surface area contributed by atoms with Crippen LogP contribution in [0, 0.1) is 6.92 Å². The molecule has 3 rings (SSSR count). The molecule has 0 aliphatic heterocycles. The third kappa shape index (κ3) is 6.48. The molecule has 0 fully saturated rings. The smallest absolute Gasteiger partial charge is 0.412 e. The standard InChI is InChI=1S/C25H29N3O5S/c1-6-34(31,32)28-21-12-11-19(13-16(21)2)26-23(29)20-14-17-9-7-8-10-18(17)15-22(20)27-24(30)33-25(3,4)5/h7-15,28H,6H2,1-5H3,(H,26,29)(H,27,30). The summed E-state index contributed by atoms with van der Waals surface area (Å²) in [5, 5.41) is 7.19. The monoisotopic (exact) mass is 483 g/mol. The van der Waals surface area contributed by atoms with Gasteiger partial charge in [-0.1, -0.05) is 24.3 Å². The molecule has 2 amide bonds. The lowest BCUT2D eigenvalue weighted by molar-refractivity contribution is 0.0636. The minimum atomic E-state index is -3.41. The summed E-state index contributed by atoms with van der Waals surface area (Å²) >= 11 is 0. The number of carbonyl (C=O) groups is 2. The molecule has 0 saturated carbocycles. The highest BCUT2D eigenvalue weighted by Crippen LogP contribution is 2.27. The first-order valence-corrected chi connectivity index (χ1v) is 12.5. The first kappa shape index (κ1) is 25.0. The Morgan fingerprint density at radius 3 is 2.15 bits per heavy atom. The van der Waals surface area contributed by atoms with Gasteiger partial charge in [-0.15, -0.1) is 0 Å². The minimum Gasteiger partial charge on any atom is -0.444 e. The average Bonchev–Trinajstić information content (AvgIpc) is 2.73. The van der Waals surface area contributed by atoms with Gasteiger partial charge in [0.05, 0.1) is 22.7 Å². The van der Waals surface area contributed by atoms with E-state index in [4.69, 9.17) is 4.74 Å². The second-order valence-electron chi connectivity index (χ2n) is 8.86. The summed E-state index contributed by atoms with van der Waals surface area (Å²) in [7, 11) is -3.41. The lowest BCUT2D eigenvalue weighted by atomic mass is 10.0. The van der Waals surface area contributed by atoms with Crippen LogP contribution in [0.5, 0.6) is 0 Å². The molecule has 0 atom stereocenters. The zero-order valence-corrected chi connectivity index (χ0v) is 20.7. The summed E-state index contributed by atoms with van der Waals surface area (Å²) in [5.41, 5.74) is 1.46. The number of nitrogens with one attached hydrogen (secondary N) is 3. The number of rotatable bonds is 6. The van der Waals surface area contributed by atoms with Gasteiger partial charge in [-0.25, -0.2) is 13.2 Å². The molecular weight excluding hydrogens is 454 g/mol. The Labute approximate surface area is 199 Å². The quantitative estimate of drug-likeness (QED) is 0.428. The van der Waals surface area contributed by atoms with E-state index in [0.717, 1.165) is 10.8 Å². The maximum Gasteiger partial charge on any atom is 0.412 e. The fraction of sp³-hybridized carbons (Fsp3) is 0.280. The van der Waals surface area contributed by atoms with Crippen molar-refractivity contribution in [3.8, 4) is 0 Å². The van der Waals surface area contributed by atoms with Crippen molar-refractivity contribution in [2.75, 3.05) is 21.1 Å². The van der Waals surface area contributed by atoms with Crippen LogP contribution in [0.2, 0.25) is 0 Å². The zero-order valence-electron chi connectivity index (χ0n) is 19.9. The molecule has 0 saturated heterocycles. The second-order valence-corrected chi connectivity index (χ2v) is 10.9. The molecule has 8 nitrogen and oxygen atoms in total. The molecule has 3 aromatic carbocycles. The van der Waals surface area contributed by atoms with E-state index < -0.39 is 27.6 Å². The maximum atomic E-state index is 13.2. The Bertz CT molecular complexity index is 1340. The van der Waals surface area contributed by atoms with E-state index in [1.54, 1.807) is 65.0 Å².